The van der Waals surface area contributed by atoms with E-state index in [0.717, 1.165) is 0 Å². The smallest absolute Gasteiger partial charge is 0.293 e. The number of carbonyl (C=O) groups excluding carboxylic acids is 1. The molecule has 1 fully saturated rings. The summed E-state index contributed by atoms with van der Waals surface area (Å²) in [5.41, 5.74) is 1.20. The summed E-state index contributed by atoms with van der Waals surface area (Å²) in [6.07, 6.45) is 0. The lowest BCUT2D eigenvalue weighted by molar-refractivity contribution is -0.122. The first-order valence-corrected chi connectivity index (χ1v) is 10.7. The highest BCUT2D eigenvalue weighted by atomic mass is 35.5. The Hall–Kier alpha value is -3.32. The van der Waals surface area contributed by atoms with Gasteiger partial charge >= 0.3 is 0 Å². The van der Waals surface area contributed by atoms with Gasteiger partial charge in [-0.1, -0.05) is 23.2 Å². The van der Waals surface area contributed by atoms with Gasteiger partial charge in [-0.25, -0.2) is 9.83 Å². The van der Waals surface area contributed by atoms with Crippen LogP contribution in [0.1, 0.15) is 0 Å². The summed E-state index contributed by atoms with van der Waals surface area (Å²) < 4.78 is 12.4. The predicted molar refractivity (Wildman–Crippen MR) is 126 cm³/mol. The van der Waals surface area contributed by atoms with Gasteiger partial charge in [-0.2, -0.15) is 0 Å². The van der Waals surface area contributed by atoms with E-state index in [9.17, 15) is 9.59 Å². The monoisotopic (exact) mass is 487 g/mol. The van der Waals surface area contributed by atoms with E-state index in [-0.39, 0.29) is 45.6 Å². The van der Waals surface area contributed by atoms with Gasteiger partial charge in [0.2, 0.25) is 5.69 Å². The van der Waals surface area contributed by atoms with E-state index in [1.54, 1.807) is 16.7 Å². The second kappa shape index (κ2) is 9.67. The number of carbonyl (C=O) groups is 1. The van der Waals surface area contributed by atoms with Crippen LogP contribution in [0, 0.1) is 12.5 Å². The average molecular weight is 488 g/mol. The van der Waals surface area contributed by atoms with Gasteiger partial charge in [0.05, 0.1) is 30.3 Å². The number of halogens is 2. The number of rotatable bonds is 7. The molecule has 0 unspecified atom stereocenters. The number of fused-ring (bicyclic) bond motifs is 1. The molecule has 0 atom stereocenters. The SMILES string of the molecule is [C-]#[N+]c1cc(Cl)c(Nc2ccc3c(c2)cc(OCC(=O)NC)c(=O)n3CC2COC2)nc1Cl. The van der Waals surface area contributed by atoms with Crippen LogP contribution in [0.2, 0.25) is 10.2 Å². The number of aromatic nitrogens is 2. The van der Waals surface area contributed by atoms with E-state index in [1.165, 1.54) is 13.1 Å². The molecule has 1 saturated heterocycles. The number of ether oxygens (including phenoxy) is 2. The molecular weight excluding hydrogens is 469 g/mol. The van der Waals surface area contributed by atoms with Crippen LogP contribution >= 0.6 is 23.2 Å². The van der Waals surface area contributed by atoms with Gasteiger partial charge in [-0.3, -0.25) is 9.59 Å². The normalized spacial score (nSPS) is 13.3. The fourth-order valence-corrected chi connectivity index (χ4v) is 3.72. The third-order valence-corrected chi connectivity index (χ3v) is 5.71. The van der Waals surface area contributed by atoms with Crippen molar-refractivity contribution in [1.29, 1.82) is 0 Å². The largest absolute Gasteiger partial charge is 0.478 e. The molecule has 0 saturated carbocycles. The number of anilines is 2. The molecule has 9 nitrogen and oxygen atoms in total. The predicted octanol–water partition coefficient (Wildman–Crippen LogP) is 3.77. The number of hydrogen-bond acceptors (Lipinski definition) is 6. The summed E-state index contributed by atoms with van der Waals surface area (Å²) >= 11 is 12.3. The molecule has 3 aromatic rings. The molecule has 1 amide bonds. The first-order chi connectivity index (χ1) is 15.9. The summed E-state index contributed by atoms with van der Waals surface area (Å²) in [5.74, 6) is 0.252. The molecule has 3 heterocycles. The average Bonchev–Trinajstić information content (AvgIpc) is 2.77. The minimum Gasteiger partial charge on any atom is -0.478 e. The van der Waals surface area contributed by atoms with Crippen molar-refractivity contribution in [2.75, 3.05) is 32.2 Å². The van der Waals surface area contributed by atoms with Gasteiger partial charge in [0.15, 0.2) is 12.4 Å². The van der Waals surface area contributed by atoms with Crippen LogP contribution < -0.4 is 20.9 Å². The second-order valence-electron chi connectivity index (χ2n) is 7.43. The zero-order valence-corrected chi connectivity index (χ0v) is 19.0. The van der Waals surface area contributed by atoms with Crippen LogP contribution in [-0.4, -0.2) is 42.3 Å². The molecule has 0 bridgehead atoms. The maximum atomic E-state index is 13.1. The van der Waals surface area contributed by atoms with Crippen molar-refractivity contribution in [3.05, 3.63) is 62.3 Å². The fraction of sp³-hybridized carbons (Fsp3) is 0.273. The lowest BCUT2D eigenvalue weighted by atomic mass is 10.1. The highest BCUT2D eigenvalue weighted by Crippen LogP contribution is 2.33. The van der Waals surface area contributed by atoms with Crippen molar-refractivity contribution >= 4 is 57.2 Å². The van der Waals surface area contributed by atoms with E-state index in [0.29, 0.717) is 42.2 Å². The fourth-order valence-electron chi connectivity index (χ4n) is 3.35. The summed E-state index contributed by atoms with van der Waals surface area (Å²) in [5, 5.41) is 6.55. The van der Waals surface area contributed by atoms with Crippen LogP contribution in [0.25, 0.3) is 15.7 Å². The number of amides is 1. The number of likely N-dealkylation sites (N-methyl/N-ethyl adjacent to an activating group) is 1. The number of benzene rings is 1. The van der Waals surface area contributed by atoms with Gasteiger partial charge in [-0.05, 0) is 30.3 Å². The molecule has 170 valence electrons. The van der Waals surface area contributed by atoms with Crippen molar-refractivity contribution in [3.63, 3.8) is 0 Å². The zero-order chi connectivity index (χ0) is 23.5. The van der Waals surface area contributed by atoms with Crippen molar-refractivity contribution in [2.24, 2.45) is 5.92 Å². The number of pyridine rings is 2. The molecule has 1 aliphatic rings. The van der Waals surface area contributed by atoms with Gasteiger partial charge in [0.25, 0.3) is 11.5 Å². The van der Waals surface area contributed by atoms with Gasteiger partial charge in [0, 0.05) is 30.6 Å². The van der Waals surface area contributed by atoms with Crippen LogP contribution in [0.5, 0.6) is 5.75 Å². The Balaban J connectivity index is 1.73. The molecule has 0 aliphatic carbocycles. The molecular formula is C22H19Cl2N5O4. The van der Waals surface area contributed by atoms with Gasteiger partial charge in [-0.15, -0.1) is 0 Å². The maximum Gasteiger partial charge on any atom is 0.293 e. The van der Waals surface area contributed by atoms with Crippen molar-refractivity contribution in [3.8, 4) is 5.75 Å². The van der Waals surface area contributed by atoms with Crippen LogP contribution in [-0.2, 0) is 16.1 Å². The Morgan fingerprint density at radius 3 is 2.79 bits per heavy atom. The first-order valence-electron chi connectivity index (χ1n) is 9.99. The Bertz CT molecular complexity index is 1330. The van der Waals surface area contributed by atoms with Crippen molar-refractivity contribution < 1.29 is 14.3 Å². The van der Waals surface area contributed by atoms with Crippen LogP contribution in [0.15, 0.2) is 35.1 Å². The van der Waals surface area contributed by atoms with E-state index in [4.69, 9.17) is 39.2 Å². The van der Waals surface area contributed by atoms with Crippen molar-refractivity contribution in [1.82, 2.24) is 14.9 Å². The van der Waals surface area contributed by atoms with Crippen LogP contribution in [0.4, 0.5) is 17.2 Å². The van der Waals surface area contributed by atoms with Gasteiger partial charge in [0.1, 0.15) is 11.0 Å². The van der Waals surface area contributed by atoms with E-state index < -0.39 is 0 Å². The van der Waals surface area contributed by atoms with Crippen molar-refractivity contribution in [2.45, 2.75) is 6.54 Å². The lowest BCUT2D eigenvalue weighted by Gasteiger charge is -2.27. The number of nitrogens with zero attached hydrogens (tertiary/aromatic N) is 3. The number of nitrogens with one attached hydrogen (secondary N) is 2. The Morgan fingerprint density at radius 2 is 2.12 bits per heavy atom. The second-order valence-corrected chi connectivity index (χ2v) is 8.19. The third-order valence-electron chi connectivity index (χ3n) is 5.14. The Labute approximate surface area is 199 Å². The first kappa shape index (κ1) is 22.9. The molecule has 0 spiro atoms. The van der Waals surface area contributed by atoms with Gasteiger partial charge < -0.3 is 24.7 Å². The molecule has 33 heavy (non-hydrogen) atoms. The quantitative estimate of drug-likeness (QED) is 0.388. The molecule has 1 aromatic carbocycles. The molecule has 11 heteroatoms. The number of hydrogen-bond donors (Lipinski definition) is 2. The molecule has 0 radical (unpaired) electrons. The maximum absolute atomic E-state index is 13.1. The van der Waals surface area contributed by atoms with E-state index >= 15 is 0 Å². The van der Waals surface area contributed by atoms with E-state index in [2.05, 4.69) is 20.5 Å². The highest BCUT2D eigenvalue weighted by Gasteiger charge is 2.22. The Morgan fingerprint density at radius 1 is 1.33 bits per heavy atom. The lowest BCUT2D eigenvalue weighted by Crippen LogP contribution is -2.36. The summed E-state index contributed by atoms with van der Waals surface area (Å²) in [4.78, 5) is 32.1. The molecule has 1 aliphatic heterocycles. The minimum atomic E-state index is -0.343. The summed E-state index contributed by atoms with van der Waals surface area (Å²) in [6.45, 7) is 8.48. The minimum absolute atomic E-state index is 0.0409. The van der Waals surface area contributed by atoms with Crippen LogP contribution in [0.3, 0.4) is 0 Å². The standard InChI is InChI=1S/C22H19Cl2N5O4/c1-25-16-7-15(23)21(28-20(16)24)27-14-3-4-17-13(5-14)6-18(33-11-19(30)26-2)22(31)29(17)8-12-9-32-10-12/h3-7,12H,8-11H2,2H3,(H,26,30)(H,27,28). The third kappa shape index (κ3) is 4.88. The zero-order valence-electron chi connectivity index (χ0n) is 17.5. The molecule has 4 rings (SSSR count). The van der Waals surface area contributed by atoms with E-state index in [1.807, 2.05) is 12.1 Å². The molecule has 2 aromatic heterocycles. The topological polar surface area (TPSA) is 98.8 Å². The summed E-state index contributed by atoms with van der Waals surface area (Å²) in [7, 11) is 1.50. The molecule has 2 N–H and O–H groups in total. The summed E-state index contributed by atoms with van der Waals surface area (Å²) in [6, 6.07) is 8.45. The highest BCUT2D eigenvalue weighted by molar-refractivity contribution is 6.36. The Kier molecular flexibility index (Phi) is 6.70.